The van der Waals surface area contributed by atoms with Gasteiger partial charge < -0.3 is 15.4 Å². The molecule has 1 fully saturated rings. The molecule has 1 aliphatic carbocycles. The molecular weight excluding hydrogens is 456 g/mol. The quantitative estimate of drug-likeness (QED) is 0.498. The highest BCUT2D eigenvalue weighted by Gasteiger charge is 2.44. The van der Waals surface area contributed by atoms with E-state index in [1.807, 2.05) is 48.5 Å². The van der Waals surface area contributed by atoms with Gasteiger partial charge in [-0.3, -0.25) is 13.8 Å². The molecule has 184 valence electrons. The molecule has 1 atom stereocenters. The van der Waals surface area contributed by atoms with E-state index in [1.54, 1.807) is 19.2 Å². The van der Waals surface area contributed by atoms with Gasteiger partial charge in [0.25, 0.3) is 10.1 Å². The van der Waals surface area contributed by atoms with E-state index in [-0.39, 0.29) is 25.0 Å². The second-order valence-corrected chi connectivity index (χ2v) is 10.4. The summed E-state index contributed by atoms with van der Waals surface area (Å²) in [7, 11) is -2.12. The van der Waals surface area contributed by atoms with Crippen LogP contribution in [0.1, 0.15) is 31.2 Å². The number of nitrogens with one attached hydrogen (secondary N) is 2. The maximum absolute atomic E-state index is 13.6. The molecule has 0 aromatic heterocycles. The highest BCUT2D eigenvalue weighted by atomic mass is 32.2. The van der Waals surface area contributed by atoms with Crippen molar-refractivity contribution in [3.63, 3.8) is 0 Å². The van der Waals surface area contributed by atoms with Crippen molar-refractivity contribution in [1.82, 2.24) is 5.32 Å². The minimum Gasteiger partial charge on any atom is -0.381 e. The van der Waals surface area contributed by atoms with Gasteiger partial charge in [-0.1, -0.05) is 48.5 Å². The number of hydrogen-bond acceptors (Lipinski definition) is 6. The third-order valence-corrected chi connectivity index (χ3v) is 6.75. The molecule has 0 bridgehead atoms. The molecule has 0 saturated heterocycles. The maximum Gasteiger partial charge on any atom is 0.264 e. The normalized spacial score (nSPS) is 21.4. The number of rotatable bonds is 10. The molecule has 2 aromatic rings. The zero-order valence-corrected chi connectivity index (χ0v) is 20.3. The molecule has 0 unspecified atom stereocenters. The lowest BCUT2D eigenvalue weighted by atomic mass is 9.72. The second kappa shape index (κ2) is 11.6. The van der Waals surface area contributed by atoms with Gasteiger partial charge >= 0.3 is 0 Å². The zero-order valence-electron chi connectivity index (χ0n) is 19.5. The molecule has 2 aromatic carbocycles. The number of carbonyl (C=O) groups excluding carboxylic acids is 2. The molecule has 8 nitrogen and oxygen atoms in total. The van der Waals surface area contributed by atoms with Crippen LogP contribution in [-0.4, -0.2) is 52.4 Å². The Morgan fingerprint density at radius 1 is 1.03 bits per heavy atom. The SMILES string of the molecule is CO[C@H]1CC[C@@](COS(C)(=O)=O)(C(=O)N[C@@H](Cc2ccccc2)C(=O)Nc2ccccc2)CC1. The smallest absolute Gasteiger partial charge is 0.264 e. The Bertz CT molecular complexity index is 1050. The Morgan fingerprint density at radius 3 is 2.18 bits per heavy atom. The van der Waals surface area contributed by atoms with Gasteiger partial charge in [-0.25, -0.2) is 0 Å². The number of ether oxygens (including phenoxy) is 1. The van der Waals surface area contributed by atoms with Crippen molar-refractivity contribution in [3.8, 4) is 0 Å². The fraction of sp³-hybridized carbons (Fsp3) is 0.440. The topological polar surface area (TPSA) is 111 Å². The largest absolute Gasteiger partial charge is 0.381 e. The Balaban J connectivity index is 1.82. The van der Waals surface area contributed by atoms with E-state index in [1.165, 1.54) is 0 Å². The highest BCUT2D eigenvalue weighted by molar-refractivity contribution is 7.85. The maximum atomic E-state index is 13.6. The predicted octanol–water partition coefficient (Wildman–Crippen LogP) is 2.90. The Kier molecular flexibility index (Phi) is 8.82. The van der Waals surface area contributed by atoms with Crippen molar-refractivity contribution in [3.05, 3.63) is 66.2 Å². The number of amides is 2. The molecule has 1 saturated carbocycles. The summed E-state index contributed by atoms with van der Waals surface area (Å²) in [6.45, 7) is -0.271. The molecule has 2 N–H and O–H groups in total. The number of para-hydroxylation sites is 1. The Hall–Kier alpha value is -2.75. The molecule has 0 radical (unpaired) electrons. The summed E-state index contributed by atoms with van der Waals surface area (Å²) in [5.41, 5.74) is 0.441. The van der Waals surface area contributed by atoms with Crippen molar-refractivity contribution in [1.29, 1.82) is 0 Å². The van der Waals surface area contributed by atoms with Crippen LogP contribution in [-0.2, 0) is 35.0 Å². The van der Waals surface area contributed by atoms with Gasteiger partial charge in [0, 0.05) is 19.2 Å². The number of benzene rings is 2. The van der Waals surface area contributed by atoms with E-state index in [0.717, 1.165) is 11.8 Å². The van der Waals surface area contributed by atoms with Crippen LogP contribution in [0, 0.1) is 5.41 Å². The summed E-state index contributed by atoms with van der Waals surface area (Å²) in [5.74, 6) is -0.747. The van der Waals surface area contributed by atoms with Crippen LogP contribution in [0.2, 0.25) is 0 Å². The Labute approximate surface area is 201 Å². The third kappa shape index (κ3) is 7.38. The minimum atomic E-state index is -3.74. The van der Waals surface area contributed by atoms with Crippen LogP contribution in [0.25, 0.3) is 0 Å². The summed E-state index contributed by atoms with van der Waals surface area (Å²) in [4.78, 5) is 26.8. The third-order valence-electron chi connectivity index (χ3n) is 6.20. The summed E-state index contributed by atoms with van der Waals surface area (Å²) >= 11 is 0. The molecule has 0 aliphatic heterocycles. The molecule has 34 heavy (non-hydrogen) atoms. The van der Waals surface area contributed by atoms with Crippen LogP contribution in [0.3, 0.4) is 0 Å². The van der Waals surface area contributed by atoms with Crippen molar-refractivity contribution < 1.29 is 26.9 Å². The van der Waals surface area contributed by atoms with Crippen molar-refractivity contribution in [2.75, 3.05) is 25.3 Å². The Morgan fingerprint density at radius 2 is 1.62 bits per heavy atom. The van der Waals surface area contributed by atoms with Gasteiger partial charge in [-0.15, -0.1) is 0 Å². The van der Waals surface area contributed by atoms with E-state index in [4.69, 9.17) is 8.92 Å². The van der Waals surface area contributed by atoms with Crippen molar-refractivity contribution in [2.45, 2.75) is 44.2 Å². The zero-order chi connectivity index (χ0) is 24.6. The molecule has 0 spiro atoms. The number of anilines is 1. The average Bonchev–Trinajstić information content (AvgIpc) is 2.83. The number of carbonyl (C=O) groups is 2. The van der Waals surface area contributed by atoms with E-state index < -0.39 is 27.5 Å². The van der Waals surface area contributed by atoms with Crippen molar-refractivity contribution in [2.24, 2.45) is 5.41 Å². The lowest BCUT2D eigenvalue weighted by Gasteiger charge is -2.38. The van der Waals surface area contributed by atoms with Gasteiger partial charge in [-0.05, 0) is 43.4 Å². The number of methoxy groups -OCH3 is 1. The van der Waals surface area contributed by atoms with Gasteiger partial charge in [0.2, 0.25) is 11.8 Å². The van der Waals surface area contributed by atoms with Gasteiger partial charge in [0.15, 0.2) is 0 Å². The average molecular weight is 489 g/mol. The summed E-state index contributed by atoms with van der Waals surface area (Å²) in [6, 6.07) is 17.6. The van der Waals surface area contributed by atoms with E-state index >= 15 is 0 Å². The van der Waals surface area contributed by atoms with E-state index in [2.05, 4.69) is 10.6 Å². The first-order chi connectivity index (χ1) is 16.2. The molecule has 1 aliphatic rings. The van der Waals surface area contributed by atoms with Crippen molar-refractivity contribution >= 4 is 27.6 Å². The molecule has 2 amide bonds. The van der Waals surface area contributed by atoms with E-state index in [0.29, 0.717) is 31.4 Å². The van der Waals surface area contributed by atoms with Gasteiger partial charge in [0.1, 0.15) is 6.04 Å². The lowest BCUT2D eigenvalue weighted by Crippen LogP contribution is -2.54. The van der Waals surface area contributed by atoms with Crippen LogP contribution < -0.4 is 10.6 Å². The summed E-state index contributed by atoms with van der Waals surface area (Å²) < 4.78 is 33.9. The fourth-order valence-electron chi connectivity index (χ4n) is 4.16. The predicted molar refractivity (Wildman–Crippen MR) is 130 cm³/mol. The fourth-order valence-corrected chi connectivity index (χ4v) is 4.60. The van der Waals surface area contributed by atoms with Crippen LogP contribution >= 0.6 is 0 Å². The van der Waals surface area contributed by atoms with Gasteiger partial charge in [0.05, 0.1) is 24.4 Å². The first kappa shape index (κ1) is 25.9. The molecule has 0 heterocycles. The monoisotopic (exact) mass is 488 g/mol. The van der Waals surface area contributed by atoms with Crippen LogP contribution in [0.15, 0.2) is 60.7 Å². The van der Waals surface area contributed by atoms with Crippen LogP contribution in [0.4, 0.5) is 5.69 Å². The first-order valence-corrected chi connectivity index (χ1v) is 13.1. The van der Waals surface area contributed by atoms with Gasteiger partial charge in [-0.2, -0.15) is 8.42 Å². The second-order valence-electron chi connectivity index (χ2n) is 8.75. The molecule has 3 rings (SSSR count). The standard InChI is InChI=1S/C25H32N2O6S/c1-32-21-13-15-25(16-14-21,18-33-34(2,30)31)24(29)27-22(17-19-9-5-3-6-10-19)23(28)26-20-11-7-4-8-12-20/h3-12,21-22H,13-18H2,1-2H3,(H,26,28)(H,27,29)/t21-,22-,25+/m0/s1. The molecule has 9 heteroatoms. The first-order valence-electron chi connectivity index (χ1n) is 11.3. The minimum absolute atomic E-state index is 0.000605. The van der Waals surface area contributed by atoms with Crippen LogP contribution in [0.5, 0.6) is 0 Å². The highest BCUT2D eigenvalue weighted by Crippen LogP contribution is 2.38. The summed E-state index contributed by atoms with van der Waals surface area (Å²) in [6.07, 6.45) is 3.23. The lowest BCUT2D eigenvalue weighted by molar-refractivity contribution is -0.139. The number of hydrogen-bond donors (Lipinski definition) is 2. The van der Waals surface area contributed by atoms with E-state index in [9.17, 15) is 18.0 Å². The molecular formula is C25H32N2O6S. The summed E-state index contributed by atoms with van der Waals surface area (Å²) in [5, 5.41) is 5.75.